The second-order valence-corrected chi connectivity index (χ2v) is 9.43. The molecule has 0 unspecified atom stereocenters. The number of hydrogen-bond donors (Lipinski definition) is 1. The van der Waals surface area contributed by atoms with Gasteiger partial charge < -0.3 is 9.73 Å². The summed E-state index contributed by atoms with van der Waals surface area (Å²) in [5.41, 5.74) is 0.545. The first-order chi connectivity index (χ1) is 16.3. The van der Waals surface area contributed by atoms with Gasteiger partial charge in [-0.3, -0.25) is 14.5 Å². The largest absolute Gasteiger partial charge is 0.467 e. The van der Waals surface area contributed by atoms with Crippen molar-refractivity contribution in [2.24, 2.45) is 5.10 Å². The number of amides is 4. The van der Waals surface area contributed by atoms with Gasteiger partial charge in [0.05, 0.1) is 12.0 Å². The minimum atomic E-state index is -0.992. The van der Waals surface area contributed by atoms with Gasteiger partial charge in [0.25, 0.3) is 11.8 Å². The number of urea groups is 1. The van der Waals surface area contributed by atoms with Crippen molar-refractivity contribution in [3.8, 4) is 0 Å². The van der Waals surface area contributed by atoms with Crippen LogP contribution in [0.2, 0.25) is 5.02 Å². The number of nitrogens with one attached hydrogen (secondary N) is 1. The third kappa shape index (κ3) is 4.87. The van der Waals surface area contributed by atoms with E-state index in [1.165, 1.54) is 5.01 Å². The van der Waals surface area contributed by atoms with Crippen LogP contribution in [-0.4, -0.2) is 45.5 Å². The number of halogens is 1. The Morgan fingerprint density at radius 2 is 1.97 bits per heavy atom. The molecular weight excluding hydrogens is 456 g/mol. The maximum atomic E-state index is 13.3. The number of rotatable bonds is 9. The molecule has 180 valence electrons. The Bertz CT molecular complexity index is 1080. The van der Waals surface area contributed by atoms with E-state index >= 15 is 0 Å². The van der Waals surface area contributed by atoms with Crippen molar-refractivity contribution in [1.29, 1.82) is 0 Å². The van der Waals surface area contributed by atoms with Crippen molar-refractivity contribution in [3.05, 3.63) is 59.0 Å². The molecule has 0 radical (unpaired) electrons. The van der Waals surface area contributed by atoms with Crippen LogP contribution in [0.5, 0.6) is 0 Å². The summed E-state index contributed by atoms with van der Waals surface area (Å²) in [7, 11) is 0. The van der Waals surface area contributed by atoms with Crippen LogP contribution in [0.3, 0.4) is 0 Å². The highest BCUT2D eigenvalue weighted by atomic mass is 35.5. The molecule has 0 bridgehead atoms. The molecule has 3 heterocycles. The Morgan fingerprint density at radius 1 is 1.21 bits per heavy atom. The highest BCUT2D eigenvalue weighted by Gasteiger charge is 2.48. The fraction of sp³-hybridized carbons (Fsp3) is 0.440. The Labute approximate surface area is 203 Å². The van der Waals surface area contributed by atoms with Crippen molar-refractivity contribution in [2.75, 3.05) is 6.54 Å². The lowest BCUT2D eigenvalue weighted by Crippen LogP contribution is -2.45. The van der Waals surface area contributed by atoms with Crippen LogP contribution >= 0.6 is 11.6 Å². The van der Waals surface area contributed by atoms with Crippen LogP contribution in [0.25, 0.3) is 0 Å². The molecule has 1 aromatic carbocycles. The fourth-order valence-electron chi connectivity index (χ4n) is 4.43. The molecule has 2 aliphatic rings. The second-order valence-electron chi connectivity index (χ2n) is 8.99. The quantitative estimate of drug-likeness (QED) is 0.405. The van der Waals surface area contributed by atoms with Gasteiger partial charge in [0, 0.05) is 11.4 Å². The van der Waals surface area contributed by atoms with Gasteiger partial charge >= 0.3 is 6.03 Å². The zero-order valence-corrected chi connectivity index (χ0v) is 20.2. The molecule has 4 amide bonds. The summed E-state index contributed by atoms with van der Waals surface area (Å²) in [6.45, 7) is 3.46. The Hall–Kier alpha value is -3.13. The van der Waals surface area contributed by atoms with Crippen molar-refractivity contribution >= 4 is 35.2 Å². The van der Waals surface area contributed by atoms with Crippen molar-refractivity contribution < 1.29 is 18.8 Å². The minimum Gasteiger partial charge on any atom is -0.467 e. The first-order valence-corrected chi connectivity index (χ1v) is 12.0. The molecule has 2 aliphatic heterocycles. The van der Waals surface area contributed by atoms with Gasteiger partial charge in [-0.15, -0.1) is 0 Å². The van der Waals surface area contributed by atoms with Gasteiger partial charge in [0.2, 0.25) is 0 Å². The zero-order valence-electron chi connectivity index (χ0n) is 19.4. The minimum absolute atomic E-state index is 0.377. The molecule has 4 rings (SSSR count). The molecule has 8 nitrogen and oxygen atoms in total. The number of furan rings is 1. The van der Waals surface area contributed by atoms with E-state index in [1.54, 1.807) is 37.5 Å². The Kier molecular flexibility index (Phi) is 7.07. The number of carbonyl (C=O) groups is 3. The number of hydrazone groups is 1. The predicted molar refractivity (Wildman–Crippen MR) is 128 cm³/mol. The molecule has 0 aliphatic carbocycles. The fourth-order valence-corrected chi connectivity index (χ4v) is 4.56. The van der Waals surface area contributed by atoms with Gasteiger partial charge in [0.1, 0.15) is 23.9 Å². The highest BCUT2D eigenvalue weighted by molar-refractivity contribution is 6.30. The molecule has 2 aromatic rings. The zero-order chi connectivity index (χ0) is 24.3. The smallest absolute Gasteiger partial charge is 0.325 e. The molecule has 1 aromatic heterocycles. The third-order valence-corrected chi connectivity index (χ3v) is 6.64. The lowest BCUT2D eigenvalue weighted by Gasteiger charge is -2.23. The van der Waals surface area contributed by atoms with E-state index in [1.807, 2.05) is 12.1 Å². The topological polar surface area (TPSA) is 95.2 Å². The van der Waals surface area contributed by atoms with Crippen molar-refractivity contribution in [1.82, 2.24) is 15.2 Å². The molecule has 1 fully saturated rings. The van der Waals surface area contributed by atoms with E-state index in [2.05, 4.69) is 17.3 Å². The third-order valence-electron chi connectivity index (χ3n) is 6.38. The number of imide groups is 1. The Balaban J connectivity index is 1.51. The Morgan fingerprint density at radius 3 is 2.65 bits per heavy atom. The van der Waals surface area contributed by atoms with Crippen LogP contribution in [0.4, 0.5) is 4.79 Å². The first-order valence-electron chi connectivity index (χ1n) is 11.7. The van der Waals surface area contributed by atoms with Gasteiger partial charge in [0.15, 0.2) is 0 Å². The average molecular weight is 485 g/mol. The molecule has 0 saturated carbocycles. The van der Waals surface area contributed by atoms with Gasteiger partial charge in [-0.1, -0.05) is 56.3 Å². The number of carbonyl (C=O) groups excluding carboxylic acids is 3. The number of unbranched alkanes of at least 4 members (excludes halogenated alkanes) is 3. The lowest BCUT2D eigenvalue weighted by atomic mass is 9.94. The van der Waals surface area contributed by atoms with E-state index in [0.29, 0.717) is 29.3 Å². The molecule has 1 N–H and O–H groups in total. The van der Waals surface area contributed by atoms with Crippen LogP contribution in [-0.2, 0) is 9.59 Å². The highest BCUT2D eigenvalue weighted by Crippen LogP contribution is 2.34. The van der Waals surface area contributed by atoms with Crippen LogP contribution in [0.1, 0.15) is 69.7 Å². The molecule has 2 atom stereocenters. The summed E-state index contributed by atoms with van der Waals surface area (Å²) < 4.78 is 5.56. The van der Waals surface area contributed by atoms with E-state index in [-0.39, 0.29) is 12.5 Å². The SMILES string of the molecule is CCCCCC[C@@]1(C)NC(=O)N(CC(=O)N2N=C(c3ccc(Cl)cc3)C[C@@H]2c2ccco2)C1=O. The summed E-state index contributed by atoms with van der Waals surface area (Å²) in [6.07, 6.45) is 6.52. The van der Waals surface area contributed by atoms with E-state index in [0.717, 1.165) is 36.1 Å². The van der Waals surface area contributed by atoms with Gasteiger partial charge in [-0.05, 0) is 43.2 Å². The van der Waals surface area contributed by atoms with Crippen LogP contribution < -0.4 is 5.32 Å². The van der Waals surface area contributed by atoms with E-state index in [4.69, 9.17) is 16.0 Å². The summed E-state index contributed by atoms with van der Waals surface area (Å²) in [5, 5.41) is 9.26. The van der Waals surface area contributed by atoms with Gasteiger partial charge in [-0.2, -0.15) is 5.10 Å². The number of hydrogen-bond acceptors (Lipinski definition) is 5. The van der Waals surface area contributed by atoms with Crippen LogP contribution in [0.15, 0.2) is 52.2 Å². The summed E-state index contributed by atoms with van der Waals surface area (Å²) in [6, 6.07) is 9.74. The molecule has 0 spiro atoms. The van der Waals surface area contributed by atoms with Crippen molar-refractivity contribution in [3.63, 3.8) is 0 Å². The molecule has 9 heteroatoms. The second kappa shape index (κ2) is 10.0. The van der Waals surface area contributed by atoms with E-state index < -0.39 is 23.5 Å². The monoisotopic (exact) mass is 484 g/mol. The number of nitrogens with zero attached hydrogens (tertiary/aromatic N) is 3. The normalized spacial score (nSPS) is 22.3. The summed E-state index contributed by atoms with van der Waals surface area (Å²) in [4.78, 5) is 40.0. The maximum Gasteiger partial charge on any atom is 0.325 e. The predicted octanol–water partition coefficient (Wildman–Crippen LogP) is 4.89. The van der Waals surface area contributed by atoms with Gasteiger partial charge in [-0.25, -0.2) is 9.80 Å². The summed E-state index contributed by atoms with van der Waals surface area (Å²) >= 11 is 6.01. The van der Waals surface area contributed by atoms with Crippen LogP contribution in [0, 0.1) is 0 Å². The average Bonchev–Trinajstić information content (AvgIpc) is 3.54. The molecule has 34 heavy (non-hydrogen) atoms. The summed E-state index contributed by atoms with van der Waals surface area (Å²) in [5.74, 6) is -0.249. The molecule has 1 saturated heterocycles. The van der Waals surface area contributed by atoms with Crippen molar-refractivity contribution in [2.45, 2.75) is 64.0 Å². The molecular formula is C25H29ClN4O4. The standard InChI is InChI=1S/C25H29ClN4O4/c1-3-4-5-6-13-25(2)23(32)29(24(33)27-25)16-22(31)30-20(21-8-7-14-34-21)15-19(28-30)17-9-11-18(26)12-10-17/h7-12,14,20H,3-6,13,15-16H2,1-2H3,(H,27,33)/t20-,25-/m1/s1. The lowest BCUT2D eigenvalue weighted by molar-refractivity contribution is -0.140. The number of benzene rings is 1. The maximum absolute atomic E-state index is 13.3. The van der Waals surface area contributed by atoms with E-state index in [9.17, 15) is 14.4 Å². The first kappa shape index (κ1) is 24.0.